The molecule has 0 saturated heterocycles. The van der Waals surface area contributed by atoms with Gasteiger partial charge in [0.15, 0.2) is 0 Å². The highest BCUT2D eigenvalue weighted by molar-refractivity contribution is 9.10. The maximum Gasteiger partial charge on any atom is 0.228 e. The molecule has 3 N–H and O–H groups in total. The predicted octanol–water partition coefficient (Wildman–Crippen LogP) is 3.78. The van der Waals surface area contributed by atoms with Gasteiger partial charge >= 0.3 is 0 Å². The third kappa shape index (κ3) is 2.69. The van der Waals surface area contributed by atoms with Crippen molar-refractivity contribution in [3.63, 3.8) is 0 Å². The third-order valence-corrected chi connectivity index (χ3v) is 4.53. The minimum atomic E-state index is -0.580. The molecule has 21 heavy (non-hydrogen) atoms. The van der Waals surface area contributed by atoms with Gasteiger partial charge in [-0.3, -0.25) is 4.79 Å². The van der Waals surface area contributed by atoms with E-state index in [0.29, 0.717) is 32.7 Å². The lowest BCUT2D eigenvalue weighted by Gasteiger charge is -2.17. The molecular formula is C15H11BrClFN2O. The van der Waals surface area contributed by atoms with Crippen LogP contribution in [0.2, 0.25) is 5.02 Å². The number of amides is 1. The second-order valence-corrected chi connectivity index (χ2v) is 6.16. The number of nitrogens with two attached hydrogens (primary N) is 1. The highest BCUT2D eigenvalue weighted by Crippen LogP contribution is 2.36. The van der Waals surface area contributed by atoms with Crippen LogP contribution in [-0.4, -0.2) is 5.91 Å². The van der Waals surface area contributed by atoms with E-state index >= 15 is 0 Å². The Bertz CT molecular complexity index is 751. The molecule has 108 valence electrons. The summed E-state index contributed by atoms with van der Waals surface area (Å²) in [4.78, 5) is 11.4. The van der Waals surface area contributed by atoms with Crippen molar-refractivity contribution in [2.75, 3.05) is 5.32 Å². The van der Waals surface area contributed by atoms with Crippen LogP contribution in [0.15, 0.2) is 34.8 Å². The van der Waals surface area contributed by atoms with Gasteiger partial charge in [0.25, 0.3) is 0 Å². The monoisotopic (exact) mass is 368 g/mol. The van der Waals surface area contributed by atoms with E-state index in [1.54, 1.807) is 18.2 Å². The van der Waals surface area contributed by atoms with E-state index in [1.165, 1.54) is 12.1 Å². The molecule has 1 atom stereocenters. The van der Waals surface area contributed by atoms with E-state index in [2.05, 4.69) is 21.2 Å². The molecule has 0 fully saturated rings. The number of hydrogen-bond donors (Lipinski definition) is 2. The average Bonchev–Trinajstić information content (AvgIpc) is 2.79. The van der Waals surface area contributed by atoms with Crippen LogP contribution in [0.1, 0.15) is 22.7 Å². The Kier molecular flexibility index (Phi) is 3.73. The lowest BCUT2D eigenvalue weighted by molar-refractivity contribution is -0.115. The highest BCUT2D eigenvalue weighted by Gasteiger charge is 2.23. The quantitative estimate of drug-likeness (QED) is 0.846. The van der Waals surface area contributed by atoms with E-state index < -0.39 is 6.04 Å². The fourth-order valence-electron chi connectivity index (χ4n) is 2.43. The number of benzene rings is 2. The van der Waals surface area contributed by atoms with Crippen LogP contribution in [0.5, 0.6) is 0 Å². The first-order valence-electron chi connectivity index (χ1n) is 6.28. The van der Waals surface area contributed by atoms with Gasteiger partial charge in [-0.1, -0.05) is 27.5 Å². The third-order valence-electron chi connectivity index (χ3n) is 3.48. The van der Waals surface area contributed by atoms with Crippen molar-refractivity contribution in [2.45, 2.75) is 12.5 Å². The van der Waals surface area contributed by atoms with Gasteiger partial charge in [-0.25, -0.2) is 4.39 Å². The van der Waals surface area contributed by atoms with Crippen LogP contribution >= 0.6 is 27.5 Å². The van der Waals surface area contributed by atoms with Crippen LogP contribution in [0, 0.1) is 5.82 Å². The number of carbonyl (C=O) groups excluding carboxylic acids is 1. The van der Waals surface area contributed by atoms with Gasteiger partial charge in [0.2, 0.25) is 5.91 Å². The van der Waals surface area contributed by atoms with Crippen molar-refractivity contribution in [3.8, 4) is 0 Å². The van der Waals surface area contributed by atoms with Gasteiger partial charge in [0.05, 0.1) is 12.5 Å². The van der Waals surface area contributed by atoms with Crippen LogP contribution in [0.4, 0.5) is 10.1 Å². The zero-order valence-electron chi connectivity index (χ0n) is 10.8. The standard InChI is InChI=1S/C15H11BrClFN2O/c16-11-2-1-8(18)5-9(11)15(19)10-3-7-4-14(21)20-13(7)6-12(10)17/h1-3,5-6,15H,4,19H2,(H,20,21). The lowest BCUT2D eigenvalue weighted by Crippen LogP contribution is -2.13. The molecule has 3 nitrogen and oxygen atoms in total. The van der Waals surface area contributed by atoms with Gasteiger partial charge in [0.1, 0.15) is 5.82 Å². The minimum Gasteiger partial charge on any atom is -0.325 e. The Balaban J connectivity index is 2.06. The number of halogens is 3. The van der Waals surface area contributed by atoms with Crippen molar-refractivity contribution >= 4 is 39.1 Å². The number of carbonyl (C=O) groups is 1. The molecular weight excluding hydrogens is 359 g/mol. The summed E-state index contributed by atoms with van der Waals surface area (Å²) >= 11 is 9.62. The van der Waals surface area contributed by atoms with Crippen molar-refractivity contribution in [2.24, 2.45) is 5.73 Å². The molecule has 1 aliphatic heterocycles. The molecule has 0 saturated carbocycles. The van der Waals surface area contributed by atoms with E-state index in [1.807, 2.05) is 0 Å². The largest absolute Gasteiger partial charge is 0.325 e. The van der Waals surface area contributed by atoms with Gasteiger partial charge in [-0.15, -0.1) is 0 Å². The maximum absolute atomic E-state index is 13.4. The van der Waals surface area contributed by atoms with Crippen molar-refractivity contribution in [3.05, 3.63) is 62.3 Å². The summed E-state index contributed by atoms with van der Waals surface area (Å²) in [5, 5.41) is 3.18. The second kappa shape index (κ2) is 5.40. The molecule has 1 heterocycles. The molecule has 1 unspecified atom stereocenters. The van der Waals surface area contributed by atoms with Crippen molar-refractivity contribution in [1.82, 2.24) is 0 Å². The van der Waals surface area contributed by atoms with E-state index in [4.69, 9.17) is 17.3 Å². The second-order valence-electron chi connectivity index (χ2n) is 4.90. The lowest BCUT2D eigenvalue weighted by atomic mass is 9.97. The zero-order chi connectivity index (χ0) is 15.1. The molecule has 0 aliphatic carbocycles. The zero-order valence-corrected chi connectivity index (χ0v) is 13.1. The number of hydrogen-bond acceptors (Lipinski definition) is 2. The molecule has 0 aromatic heterocycles. The van der Waals surface area contributed by atoms with E-state index in [9.17, 15) is 9.18 Å². The molecule has 2 aromatic carbocycles. The summed E-state index contributed by atoms with van der Waals surface area (Å²) in [6.45, 7) is 0. The number of anilines is 1. The summed E-state index contributed by atoms with van der Waals surface area (Å²) in [6.07, 6.45) is 0.302. The normalized spacial score (nSPS) is 14.8. The molecule has 1 aliphatic rings. The Morgan fingerprint density at radius 1 is 1.29 bits per heavy atom. The Morgan fingerprint density at radius 3 is 2.81 bits per heavy atom. The molecule has 0 bridgehead atoms. The van der Waals surface area contributed by atoms with Gasteiger partial charge in [0, 0.05) is 15.2 Å². The SMILES string of the molecule is NC(c1cc2c(cc1Cl)NC(=O)C2)c1cc(F)ccc1Br. The van der Waals surface area contributed by atoms with Crippen LogP contribution in [0.25, 0.3) is 0 Å². The maximum atomic E-state index is 13.4. The van der Waals surface area contributed by atoms with Crippen molar-refractivity contribution < 1.29 is 9.18 Å². The van der Waals surface area contributed by atoms with Crippen LogP contribution in [0.3, 0.4) is 0 Å². The first-order chi connectivity index (χ1) is 9.95. The van der Waals surface area contributed by atoms with E-state index in [0.717, 1.165) is 5.56 Å². The van der Waals surface area contributed by atoms with E-state index in [-0.39, 0.29) is 11.7 Å². The highest BCUT2D eigenvalue weighted by atomic mass is 79.9. The van der Waals surface area contributed by atoms with Crippen molar-refractivity contribution in [1.29, 1.82) is 0 Å². The summed E-state index contributed by atoms with van der Waals surface area (Å²) in [7, 11) is 0. The molecule has 1 amide bonds. The van der Waals surface area contributed by atoms with Gasteiger partial charge in [-0.05, 0) is 47.0 Å². The Morgan fingerprint density at radius 2 is 2.05 bits per heavy atom. The number of rotatable bonds is 2. The first kappa shape index (κ1) is 14.5. The summed E-state index contributed by atoms with van der Waals surface area (Å²) in [5.41, 5.74) is 9.06. The average molecular weight is 370 g/mol. The summed E-state index contributed by atoms with van der Waals surface area (Å²) < 4.78 is 14.1. The Labute approximate surface area is 134 Å². The topological polar surface area (TPSA) is 55.1 Å². The molecule has 0 spiro atoms. The smallest absolute Gasteiger partial charge is 0.228 e. The van der Waals surface area contributed by atoms with Gasteiger partial charge < -0.3 is 11.1 Å². The fourth-order valence-corrected chi connectivity index (χ4v) is 3.20. The predicted molar refractivity (Wildman–Crippen MR) is 83.9 cm³/mol. The van der Waals surface area contributed by atoms with Crippen LogP contribution in [-0.2, 0) is 11.2 Å². The fraction of sp³-hybridized carbons (Fsp3) is 0.133. The Hall–Kier alpha value is -1.43. The summed E-state index contributed by atoms with van der Waals surface area (Å²) in [6, 6.07) is 7.25. The number of nitrogens with one attached hydrogen (secondary N) is 1. The minimum absolute atomic E-state index is 0.0706. The molecule has 6 heteroatoms. The molecule has 3 rings (SSSR count). The summed E-state index contributed by atoms with van der Waals surface area (Å²) in [5.74, 6) is -0.434. The first-order valence-corrected chi connectivity index (χ1v) is 7.45. The van der Waals surface area contributed by atoms with Gasteiger partial charge in [-0.2, -0.15) is 0 Å². The molecule has 0 radical (unpaired) electrons. The molecule has 2 aromatic rings. The van der Waals surface area contributed by atoms with Crippen LogP contribution < -0.4 is 11.1 Å². The number of fused-ring (bicyclic) bond motifs is 1.